The normalized spacial score (nSPS) is 12.4. The molecule has 0 radical (unpaired) electrons. The lowest BCUT2D eigenvalue weighted by Crippen LogP contribution is -2.42. The van der Waals surface area contributed by atoms with Crippen LogP contribution in [0.2, 0.25) is 5.02 Å². The second-order valence-electron chi connectivity index (χ2n) is 9.15. The molecule has 0 atom stereocenters. The summed E-state index contributed by atoms with van der Waals surface area (Å²) in [5.41, 5.74) is 2.73. The molecule has 0 aliphatic rings. The molecule has 1 aromatic carbocycles. The fourth-order valence-corrected chi connectivity index (χ4v) is 3.90. The van der Waals surface area contributed by atoms with Gasteiger partial charge in [-0.2, -0.15) is 0 Å². The highest BCUT2D eigenvalue weighted by Crippen LogP contribution is 2.34. The van der Waals surface area contributed by atoms with E-state index in [1.54, 1.807) is 30.5 Å². The van der Waals surface area contributed by atoms with Crippen LogP contribution in [0.3, 0.4) is 0 Å². The monoisotopic (exact) mass is 477 g/mol. The van der Waals surface area contributed by atoms with Gasteiger partial charge < -0.3 is 9.30 Å². The molecule has 0 fully saturated rings. The van der Waals surface area contributed by atoms with Crippen molar-refractivity contribution in [2.24, 2.45) is 13.0 Å². The van der Waals surface area contributed by atoms with Crippen LogP contribution >= 0.6 is 11.6 Å². The molecule has 3 rings (SSSR count). The molecule has 7 nitrogen and oxygen atoms in total. The van der Waals surface area contributed by atoms with Gasteiger partial charge in [0.15, 0.2) is 0 Å². The summed E-state index contributed by atoms with van der Waals surface area (Å²) in [5, 5.41) is 1.31. The van der Waals surface area contributed by atoms with Crippen molar-refractivity contribution in [2.75, 3.05) is 6.61 Å². The SMILES string of the molecule is CC(C)COc1ncc(-c2cn(C)c3cc(C(=O)NS(=O)(=O)C(C)(C)C)ccc23)cc1Cl. The molecule has 0 saturated heterocycles. The highest BCUT2D eigenvalue weighted by molar-refractivity contribution is 7.91. The predicted molar refractivity (Wildman–Crippen MR) is 128 cm³/mol. The van der Waals surface area contributed by atoms with Crippen molar-refractivity contribution in [3.63, 3.8) is 0 Å². The van der Waals surface area contributed by atoms with Gasteiger partial charge in [0.2, 0.25) is 15.9 Å². The van der Waals surface area contributed by atoms with E-state index in [4.69, 9.17) is 16.3 Å². The molecule has 1 N–H and O–H groups in total. The number of nitrogens with one attached hydrogen (secondary N) is 1. The lowest BCUT2D eigenvalue weighted by atomic mass is 10.0. The van der Waals surface area contributed by atoms with Gasteiger partial charge in [-0.1, -0.05) is 31.5 Å². The number of carbonyl (C=O) groups is 1. The van der Waals surface area contributed by atoms with Gasteiger partial charge in [0.05, 0.1) is 11.4 Å². The Labute approximate surface area is 193 Å². The molecule has 0 spiro atoms. The minimum absolute atomic E-state index is 0.256. The van der Waals surface area contributed by atoms with Gasteiger partial charge in [-0.3, -0.25) is 4.79 Å². The van der Waals surface area contributed by atoms with Gasteiger partial charge in [-0.25, -0.2) is 18.1 Å². The maximum Gasteiger partial charge on any atom is 0.264 e. The molecule has 2 aromatic heterocycles. The molecule has 0 aliphatic carbocycles. The zero-order chi connectivity index (χ0) is 23.8. The Bertz CT molecular complexity index is 1270. The Kier molecular flexibility index (Phi) is 6.58. The summed E-state index contributed by atoms with van der Waals surface area (Å²) in [5.74, 6) is 0.0831. The number of aryl methyl sites for hydroxylation is 1. The van der Waals surface area contributed by atoms with Crippen molar-refractivity contribution in [1.82, 2.24) is 14.3 Å². The number of carbonyl (C=O) groups excluding carboxylic acids is 1. The Morgan fingerprint density at radius 3 is 2.53 bits per heavy atom. The van der Waals surface area contributed by atoms with Crippen LogP contribution in [-0.2, 0) is 17.1 Å². The van der Waals surface area contributed by atoms with Crippen LogP contribution in [0.15, 0.2) is 36.7 Å². The lowest BCUT2D eigenvalue weighted by Gasteiger charge is -2.19. The van der Waals surface area contributed by atoms with Crippen LogP contribution in [-0.4, -0.2) is 35.2 Å². The summed E-state index contributed by atoms with van der Waals surface area (Å²) in [6.45, 7) is 9.22. The number of pyridine rings is 1. The summed E-state index contributed by atoms with van der Waals surface area (Å²) in [6, 6.07) is 6.87. The molecule has 0 unspecified atom stereocenters. The molecule has 3 aromatic rings. The quantitative estimate of drug-likeness (QED) is 0.551. The minimum Gasteiger partial charge on any atom is -0.476 e. The summed E-state index contributed by atoms with van der Waals surface area (Å²) in [6.07, 6.45) is 3.62. The molecular formula is C23H28ClN3O4S. The lowest BCUT2D eigenvalue weighted by molar-refractivity contribution is 0.0980. The van der Waals surface area contributed by atoms with E-state index in [0.717, 1.165) is 22.0 Å². The van der Waals surface area contributed by atoms with Crippen molar-refractivity contribution in [2.45, 2.75) is 39.4 Å². The molecular weight excluding hydrogens is 450 g/mol. The van der Waals surface area contributed by atoms with E-state index in [1.807, 2.05) is 31.7 Å². The average Bonchev–Trinajstić information content (AvgIpc) is 3.01. The number of sulfonamides is 1. The second-order valence-corrected chi connectivity index (χ2v) is 12.0. The molecule has 0 saturated carbocycles. The van der Waals surface area contributed by atoms with Crippen LogP contribution < -0.4 is 9.46 Å². The van der Waals surface area contributed by atoms with Crippen molar-refractivity contribution in [3.05, 3.63) is 47.2 Å². The van der Waals surface area contributed by atoms with Gasteiger partial charge in [-0.05, 0) is 44.9 Å². The van der Waals surface area contributed by atoms with E-state index in [2.05, 4.69) is 9.71 Å². The summed E-state index contributed by atoms with van der Waals surface area (Å²) < 4.78 is 33.2. The number of rotatable bonds is 6. The van der Waals surface area contributed by atoms with Gasteiger partial charge in [0.25, 0.3) is 5.91 Å². The topological polar surface area (TPSA) is 90.3 Å². The maximum atomic E-state index is 12.6. The first-order chi connectivity index (χ1) is 14.8. The first-order valence-corrected chi connectivity index (χ1v) is 12.1. The Balaban J connectivity index is 1.94. The zero-order valence-corrected chi connectivity index (χ0v) is 20.6. The average molecular weight is 478 g/mol. The number of aromatic nitrogens is 2. The fourth-order valence-electron chi connectivity index (χ4n) is 3.01. The predicted octanol–water partition coefficient (Wildman–Crippen LogP) is 4.79. The number of halogens is 1. The maximum absolute atomic E-state index is 12.6. The molecule has 9 heteroatoms. The minimum atomic E-state index is -3.81. The number of hydrogen-bond acceptors (Lipinski definition) is 5. The van der Waals surface area contributed by atoms with Gasteiger partial charge in [0.1, 0.15) is 5.02 Å². The van der Waals surface area contributed by atoms with Crippen molar-refractivity contribution in [3.8, 4) is 17.0 Å². The largest absolute Gasteiger partial charge is 0.476 e. The smallest absolute Gasteiger partial charge is 0.264 e. The van der Waals surface area contributed by atoms with Gasteiger partial charge >= 0.3 is 0 Å². The van der Waals surface area contributed by atoms with Crippen LogP contribution in [0, 0.1) is 5.92 Å². The van der Waals surface area contributed by atoms with Crippen LogP contribution in [0.25, 0.3) is 22.0 Å². The second kappa shape index (κ2) is 8.75. The molecule has 0 bridgehead atoms. The highest BCUT2D eigenvalue weighted by Gasteiger charge is 2.31. The van der Waals surface area contributed by atoms with Crippen molar-refractivity contribution < 1.29 is 17.9 Å². The number of nitrogens with zero attached hydrogens (tertiary/aromatic N) is 2. The zero-order valence-electron chi connectivity index (χ0n) is 19.1. The Hall–Kier alpha value is -2.58. The first kappa shape index (κ1) is 24.1. The van der Waals surface area contributed by atoms with E-state index in [9.17, 15) is 13.2 Å². The number of amides is 1. The molecule has 32 heavy (non-hydrogen) atoms. The van der Waals surface area contributed by atoms with E-state index in [-0.39, 0.29) is 5.56 Å². The number of benzene rings is 1. The molecule has 0 aliphatic heterocycles. The van der Waals surface area contributed by atoms with Crippen LogP contribution in [0.4, 0.5) is 0 Å². The third kappa shape index (κ3) is 4.91. The third-order valence-electron chi connectivity index (χ3n) is 4.96. The van der Waals surface area contributed by atoms with Gasteiger partial charge in [-0.15, -0.1) is 0 Å². The molecule has 2 heterocycles. The Morgan fingerprint density at radius 1 is 1.25 bits per heavy atom. The van der Waals surface area contributed by atoms with E-state index in [1.165, 1.54) is 20.8 Å². The molecule has 1 amide bonds. The Morgan fingerprint density at radius 2 is 1.94 bits per heavy atom. The molecule has 172 valence electrons. The van der Waals surface area contributed by atoms with Crippen LogP contribution in [0.5, 0.6) is 5.88 Å². The van der Waals surface area contributed by atoms with Crippen molar-refractivity contribution >= 4 is 38.4 Å². The van der Waals surface area contributed by atoms with E-state index in [0.29, 0.717) is 23.4 Å². The van der Waals surface area contributed by atoms with Crippen LogP contribution in [0.1, 0.15) is 45.0 Å². The fraction of sp³-hybridized carbons (Fsp3) is 0.391. The highest BCUT2D eigenvalue weighted by atomic mass is 35.5. The van der Waals surface area contributed by atoms with Crippen molar-refractivity contribution in [1.29, 1.82) is 0 Å². The van der Waals surface area contributed by atoms with Gasteiger partial charge in [0, 0.05) is 47.0 Å². The van der Waals surface area contributed by atoms with E-state index < -0.39 is 20.7 Å². The first-order valence-electron chi connectivity index (χ1n) is 10.2. The summed E-state index contributed by atoms with van der Waals surface area (Å²) in [4.78, 5) is 16.9. The number of fused-ring (bicyclic) bond motifs is 1. The number of hydrogen-bond donors (Lipinski definition) is 1. The summed E-state index contributed by atoms with van der Waals surface area (Å²) >= 11 is 6.38. The number of ether oxygens (including phenoxy) is 1. The standard InChI is InChI=1S/C23H28ClN3O4S/c1-14(2)13-31-22-19(24)9-16(11-25-22)18-12-27(6)20-10-15(7-8-17(18)20)21(28)26-32(29,30)23(3,4)5/h7-12,14H,13H2,1-6H3,(H,26,28). The third-order valence-corrected chi connectivity index (χ3v) is 7.30. The van der Waals surface area contributed by atoms with E-state index >= 15 is 0 Å². The summed E-state index contributed by atoms with van der Waals surface area (Å²) in [7, 11) is -1.95.